The van der Waals surface area contributed by atoms with Crippen molar-refractivity contribution in [3.8, 4) is 0 Å². The first-order chi connectivity index (χ1) is 9.11. The van der Waals surface area contributed by atoms with Gasteiger partial charge >= 0.3 is 0 Å². The molecule has 1 aliphatic rings. The van der Waals surface area contributed by atoms with Gasteiger partial charge in [0.05, 0.1) is 6.54 Å². The third kappa shape index (κ3) is 2.59. The standard InChI is InChI=1S/C15H21N3O/c1-10-5-6-18(11(2)7-10)9-15-17-13-8-12(16)3-4-14(13)19-15/h3-4,8,10-11H,5-7,9,16H2,1-2H3. The second-order valence-corrected chi connectivity index (χ2v) is 5.78. The number of hydrogen-bond donors (Lipinski definition) is 1. The molecule has 1 saturated heterocycles. The molecule has 1 fully saturated rings. The minimum atomic E-state index is 0.601. The van der Waals surface area contributed by atoms with Gasteiger partial charge in [0.15, 0.2) is 5.58 Å². The van der Waals surface area contributed by atoms with E-state index in [9.17, 15) is 0 Å². The van der Waals surface area contributed by atoms with E-state index in [1.165, 1.54) is 12.8 Å². The lowest BCUT2D eigenvalue weighted by atomic mass is 9.93. The number of piperidine rings is 1. The lowest BCUT2D eigenvalue weighted by molar-refractivity contribution is 0.112. The summed E-state index contributed by atoms with van der Waals surface area (Å²) < 4.78 is 5.79. The van der Waals surface area contributed by atoms with Crippen LogP contribution in [0.4, 0.5) is 5.69 Å². The lowest BCUT2D eigenvalue weighted by Crippen LogP contribution is -2.39. The van der Waals surface area contributed by atoms with Crippen molar-refractivity contribution in [1.29, 1.82) is 0 Å². The number of likely N-dealkylation sites (tertiary alicyclic amines) is 1. The number of nitrogens with two attached hydrogens (primary N) is 1. The van der Waals surface area contributed by atoms with Gasteiger partial charge in [-0.05, 0) is 50.4 Å². The zero-order chi connectivity index (χ0) is 13.4. The molecule has 0 bridgehead atoms. The number of rotatable bonds is 2. The normalized spacial score (nSPS) is 24.9. The van der Waals surface area contributed by atoms with E-state index in [4.69, 9.17) is 10.2 Å². The van der Waals surface area contributed by atoms with E-state index in [2.05, 4.69) is 23.7 Å². The molecule has 0 amide bonds. The molecular formula is C15H21N3O. The van der Waals surface area contributed by atoms with Gasteiger partial charge in [-0.2, -0.15) is 0 Å². The monoisotopic (exact) mass is 259 g/mol. The fourth-order valence-electron chi connectivity index (χ4n) is 2.92. The lowest BCUT2D eigenvalue weighted by Gasteiger charge is -2.35. The van der Waals surface area contributed by atoms with Crippen LogP contribution in [0.25, 0.3) is 11.1 Å². The first-order valence-corrected chi connectivity index (χ1v) is 7.01. The highest BCUT2D eigenvalue weighted by Crippen LogP contribution is 2.25. The molecule has 2 N–H and O–H groups in total. The molecule has 2 heterocycles. The van der Waals surface area contributed by atoms with E-state index >= 15 is 0 Å². The van der Waals surface area contributed by atoms with Gasteiger partial charge in [0.1, 0.15) is 5.52 Å². The number of nitrogens with zero attached hydrogens (tertiary/aromatic N) is 2. The number of fused-ring (bicyclic) bond motifs is 1. The SMILES string of the molecule is CC1CCN(Cc2nc3cc(N)ccc3o2)C(C)C1. The minimum Gasteiger partial charge on any atom is -0.439 e. The van der Waals surface area contributed by atoms with Gasteiger partial charge < -0.3 is 10.2 Å². The molecule has 2 unspecified atom stereocenters. The van der Waals surface area contributed by atoms with Crippen LogP contribution in [0.5, 0.6) is 0 Å². The van der Waals surface area contributed by atoms with Crippen LogP contribution in [0.2, 0.25) is 0 Å². The molecule has 0 radical (unpaired) electrons. The van der Waals surface area contributed by atoms with E-state index in [0.29, 0.717) is 6.04 Å². The number of benzene rings is 1. The summed E-state index contributed by atoms with van der Waals surface area (Å²) in [6.07, 6.45) is 2.52. The third-order valence-corrected chi connectivity index (χ3v) is 4.07. The zero-order valence-electron chi connectivity index (χ0n) is 11.6. The van der Waals surface area contributed by atoms with Crippen molar-refractivity contribution >= 4 is 16.8 Å². The maximum absolute atomic E-state index is 5.79. The van der Waals surface area contributed by atoms with Crippen LogP contribution < -0.4 is 5.73 Å². The van der Waals surface area contributed by atoms with Crippen LogP contribution >= 0.6 is 0 Å². The summed E-state index contributed by atoms with van der Waals surface area (Å²) in [7, 11) is 0. The van der Waals surface area contributed by atoms with Gasteiger partial charge in [0.25, 0.3) is 0 Å². The Morgan fingerprint density at radius 2 is 2.26 bits per heavy atom. The maximum atomic E-state index is 5.79. The molecule has 1 aliphatic heterocycles. The molecular weight excluding hydrogens is 238 g/mol. The summed E-state index contributed by atoms with van der Waals surface area (Å²) in [6.45, 7) is 6.54. The summed E-state index contributed by atoms with van der Waals surface area (Å²) >= 11 is 0. The fraction of sp³-hybridized carbons (Fsp3) is 0.533. The van der Waals surface area contributed by atoms with Crippen LogP contribution in [0.3, 0.4) is 0 Å². The maximum Gasteiger partial charge on any atom is 0.209 e. The Labute approximate surface area is 113 Å². The van der Waals surface area contributed by atoms with Crippen molar-refractivity contribution in [3.63, 3.8) is 0 Å². The van der Waals surface area contributed by atoms with Gasteiger partial charge in [-0.1, -0.05) is 6.92 Å². The Kier molecular flexibility index (Phi) is 3.19. The van der Waals surface area contributed by atoms with E-state index in [1.54, 1.807) is 0 Å². The van der Waals surface area contributed by atoms with Crippen molar-refractivity contribution < 1.29 is 4.42 Å². The second-order valence-electron chi connectivity index (χ2n) is 5.78. The van der Waals surface area contributed by atoms with Gasteiger partial charge in [-0.3, -0.25) is 4.90 Å². The van der Waals surface area contributed by atoms with Crippen molar-refractivity contribution in [2.24, 2.45) is 5.92 Å². The Morgan fingerprint density at radius 1 is 1.42 bits per heavy atom. The minimum absolute atomic E-state index is 0.601. The van der Waals surface area contributed by atoms with Crippen LogP contribution in [0.15, 0.2) is 22.6 Å². The average Bonchev–Trinajstić information content (AvgIpc) is 2.74. The molecule has 1 aromatic carbocycles. The topological polar surface area (TPSA) is 55.3 Å². The van der Waals surface area contributed by atoms with E-state index in [1.807, 2.05) is 18.2 Å². The molecule has 4 nitrogen and oxygen atoms in total. The highest BCUT2D eigenvalue weighted by molar-refractivity contribution is 5.76. The first-order valence-electron chi connectivity index (χ1n) is 7.01. The molecule has 4 heteroatoms. The molecule has 2 atom stereocenters. The van der Waals surface area contributed by atoms with Gasteiger partial charge in [-0.15, -0.1) is 0 Å². The Morgan fingerprint density at radius 3 is 3.05 bits per heavy atom. The highest BCUT2D eigenvalue weighted by Gasteiger charge is 2.24. The Balaban J connectivity index is 1.77. The van der Waals surface area contributed by atoms with Crippen LogP contribution in [0.1, 0.15) is 32.6 Å². The van der Waals surface area contributed by atoms with Gasteiger partial charge in [0.2, 0.25) is 5.89 Å². The number of aromatic nitrogens is 1. The molecule has 1 aromatic heterocycles. The summed E-state index contributed by atoms with van der Waals surface area (Å²) in [5.74, 6) is 1.62. The largest absolute Gasteiger partial charge is 0.439 e. The molecule has 0 saturated carbocycles. The predicted molar refractivity (Wildman–Crippen MR) is 76.7 cm³/mol. The van der Waals surface area contributed by atoms with Crippen LogP contribution in [-0.2, 0) is 6.54 Å². The van der Waals surface area contributed by atoms with Crippen molar-refractivity contribution in [2.75, 3.05) is 12.3 Å². The number of anilines is 1. The fourth-order valence-corrected chi connectivity index (χ4v) is 2.92. The van der Waals surface area contributed by atoms with Crippen molar-refractivity contribution in [2.45, 2.75) is 39.3 Å². The summed E-state index contributed by atoms with van der Waals surface area (Å²) in [6, 6.07) is 6.21. The number of oxazole rings is 1. The van der Waals surface area contributed by atoms with Gasteiger partial charge in [-0.25, -0.2) is 4.98 Å². The third-order valence-electron chi connectivity index (χ3n) is 4.07. The van der Waals surface area contributed by atoms with Gasteiger partial charge in [0, 0.05) is 11.7 Å². The number of nitrogen functional groups attached to an aromatic ring is 1. The van der Waals surface area contributed by atoms with E-state index in [0.717, 1.165) is 41.7 Å². The average molecular weight is 259 g/mol. The van der Waals surface area contributed by atoms with Crippen molar-refractivity contribution in [3.05, 3.63) is 24.1 Å². The molecule has 102 valence electrons. The Hall–Kier alpha value is -1.55. The molecule has 3 rings (SSSR count). The first kappa shape index (κ1) is 12.5. The molecule has 0 spiro atoms. The van der Waals surface area contributed by atoms with Crippen LogP contribution in [0, 0.1) is 5.92 Å². The van der Waals surface area contributed by atoms with E-state index in [-0.39, 0.29) is 0 Å². The van der Waals surface area contributed by atoms with E-state index < -0.39 is 0 Å². The summed E-state index contributed by atoms with van der Waals surface area (Å²) in [5, 5.41) is 0. The predicted octanol–water partition coefficient (Wildman–Crippen LogP) is 3.03. The Bertz CT molecular complexity index is 578. The number of hydrogen-bond acceptors (Lipinski definition) is 4. The molecule has 2 aromatic rings. The molecule has 19 heavy (non-hydrogen) atoms. The summed E-state index contributed by atoms with van der Waals surface area (Å²) in [5.41, 5.74) is 8.17. The van der Waals surface area contributed by atoms with Crippen molar-refractivity contribution in [1.82, 2.24) is 9.88 Å². The van der Waals surface area contributed by atoms with Crippen LogP contribution in [-0.4, -0.2) is 22.5 Å². The quantitative estimate of drug-likeness (QED) is 0.842. The summed E-state index contributed by atoms with van der Waals surface area (Å²) in [4.78, 5) is 6.99. The second kappa shape index (κ2) is 4.85. The highest BCUT2D eigenvalue weighted by atomic mass is 16.3. The smallest absolute Gasteiger partial charge is 0.209 e. The molecule has 0 aliphatic carbocycles. The zero-order valence-corrected chi connectivity index (χ0v) is 11.6.